The number of anilines is 1. The number of hydrogen-bond acceptors (Lipinski definition) is 6. The number of aromatic amines is 1. The van der Waals surface area contributed by atoms with Crippen LogP contribution in [-0.4, -0.2) is 34.3 Å². The topological polar surface area (TPSA) is 98.4 Å². The Kier molecular flexibility index (Phi) is 5.67. The standard InChI is InChI=1S/C28H22N4O4/c33-27(15-18-6-9-25-26(14-18)35-13-12-34-25)30-28-21-16-19(7-8-23(21)31-32-28)22-17-29-11-10-24(22)36-20-4-2-1-3-5-20/h1-11,14,16-17H,12-13,15H2,(H2,30,31,32,33). The largest absolute Gasteiger partial charge is 0.486 e. The summed E-state index contributed by atoms with van der Waals surface area (Å²) in [6.07, 6.45) is 3.64. The zero-order valence-electron chi connectivity index (χ0n) is 19.2. The molecule has 0 bridgehead atoms. The van der Waals surface area contributed by atoms with Crippen LogP contribution >= 0.6 is 0 Å². The van der Waals surface area contributed by atoms with Crippen molar-refractivity contribution in [3.05, 3.63) is 90.8 Å². The molecule has 3 aromatic carbocycles. The molecular formula is C28H22N4O4. The Balaban J connectivity index is 1.24. The lowest BCUT2D eigenvalue weighted by Crippen LogP contribution is -2.17. The highest BCUT2D eigenvalue weighted by Gasteiger charge is 2.16. The number of rotatable bonds is 6. The third-order valence-electron chi connectivity index (χ3n) is 5.86. The number of nitrogens with zero attached hydrogens (tertiary/aromatic N) is 2. The van der Waals surface area contributed by atoms with Gasteiger partial charge in [0, 0.05) is 23.3 Å². The van der Waals surface area contributed by atoms with Gasteiger partial charge in [-0.25, -0.2) is 0 Å². The molecule has 8 heteroatoms. The van der Waals surface area contributed by atoms with Crippen molar-refractivity contribution in [3.8, 4) is 34.1 Å². The zero-order valence-corrected chi connectivity index (χ0v) is 19.2. The molecule has 1 aliphatic rings. The number of nitrogens with one attached hydrogen (secondary N) is 2. The fraction of sp³-hybridized carbons (Fsp3) is 0.107. The van der Waals surface area contributed by atoms with Crippen molar-refractivity contribution in [1.29, 1.82) is 0 Å². The maximum Gasteiger partial charge on any atom is 0.230 e. The summed E-state index contributed by atoms with van der Waals surface area (Å²) in [5.74, 6) is 3.06. The summed E-state index contributed by atoms with van der Waals surface area (Å²) < 4.78 is 17.3. The average molecular weight is 479 g/mol. The molecule has 0 saturated heterocycles. The Morgan fingerprint density at radius 2 is 1.83 bits per heavy atom. The van der Waals surface area contributed by atoms with Crippen molar-refractivity contribution < 1.29 is 19.0 Å². The fourth-order valence-electron chi connectivity index (χ4n) is 4.14. The summed E-state index contributed by atoms with van der Waals surface area (Å²) in [7, 11) is 0. The predicted molar refractivity (Wildman–Crippen MR) is 136 cm³/mol. The van der Waals surface area contributed by atoms with Gasteiger partial charge in [0.15, 0.2) is 17.3 Å². The Labute approximate surface area is 206 Å². The molecule has 6 rings (SSSR count). The first-order valence-electron chi connectivity index (χ1n) is 11.6. The van der Waals surface area contributed by atoms with E-state index in [0.29, 0.717) is 36.3 Å². The van der Waals surface area contributed by atoms with Gasteiger partial charge in [-0.3, -0.25) is 14.9 Å². The number of para-hydroxylation sites is 1. The molecule has 0 spiro atoms. The normalized spacial score (nSPS) is 12.3. The van der Waals surface area contributed by atoms with E-state index in [-0.39, 0.29) is 12.3 Å². The Hall–Kier alpha value is -4.85. The van der Waals surface area contributed by atoms with E-state index in [2.05, 4.69) is 20.5 Å². The second-order valence-electron chi connectivity index (χ2n) is 8.32. The zero-order chi connectivity index (χ0) is 24.3. The number of aromatic nitrogens is 3. The quantitative estimate of drug-likeness (QED) is 0.341. The lowest BCUT2D eigenvalue weighted by atomic mass is 10.0. The average Bonchev–Trinajstić information content (AvgIpc) is 3.31. The van der Waals surface area contributed by atoms with Crippen molar-refractivity contribution in [3.63, 3.8) is 0 Å². The SMILES string of the molecule is O=C(Cc1ccc2c(c1)OCCO2)Nc1n[nH]c2ccc(-c3cnccc3Oc3ccccc3)cc12. The molecule has 1 amide bonds. The van der Waals surface area contributed by atoms with Gasteiger partial charge < -0.3 is 19.5 Å². The Morgan fingerprint density at radius 1 is 0.972 bits per heavy atom. The number of H-pyrrole nitrogens is 1. The van der Waals surface area contributed by atoms with Crippen molar-refractivity contribution >= 4 is 22.6 Å². The molecule has 0 atom stereocenters. The first kappa shape index (κ1) is 21.7. The highest BCUT2D eigenvalue weighted by molar-refractivity contribution is 6.01. The van der Waals surface area contributed by atoms with Gasteiger partial charge in [-0.1, -0.05) is 30.3 Å². The van der Waals surface area contributed by atoms with Crippen LogP contribution in [-0.2, 0) is 11.2 Å². The molecule has 0 aliphatic carbocycles. The van der Waals surface area contributed by atoms with Crippen molar-refractivity contribution in [2.75, 3.05) is 18.5 Å². The van der Waals surface area contributed by atoms with E-state index in [1.54, 1.807) is 12.4 Å². The van der Waals surface area contributed by atoms with Gasteiger partial charge in [0.1, 0.15) is 24.7 Å². The third-order valence-corrected chi connectivity index (χ3v) is 5.86. The monoisotopic (exact) mass is 478 g/mol. The summed E-state index contributed by atoms with van der Waals surface area (Å²) in [6.45, 7) is 1.03. The third kappa shape index (κ3) is 4.44. The van der Waals surface area contributed by atoms with Gasteiger partial charge in [-0.05, 0) is 53.6 Å². The van der Waals surface area contributed by atoms with E-state index in [0.717, 1.165) is 33.3 Å². The molecule has 0 radical (unpaired) electrons. The van der Waals surface area contributed by atoms with Crippen LogP contribution in [0.1, 0.15) is 5.56 Å². The van der Waals surface area contributed by atoms with E-state index in [1.165, 1.54) is 0 Å². The van der Waals surface area contributed by atoms with E-state index in [1.807, 2.05) is 72.8 Å². The van der Waals surface area contributed by atoms with Gasteiger partial charge in [-0.2, -0.15) is 5.10 Å². The van der Waals surface area contributed by atoms with Crippen LogP contribution in [0.4, 0.5) is 5.82 Å². The van der Waals surface area contributed by atoms with Gasteiger partial charge >= 0.3 is 0 Å². The maximum absolute atomic E-state index is 12.8. The van der Waals surface area contributed by atoms with Crippen LogP contribution in [0.2, 0.25) is 0 Å². The molecular weight excluding hydrogens is 456 g/mol. The van der Waals surface area contributed by atoms with Gasteiger partial charge in [0.2, 0.25) is 5.91 Å². The molecule has 0 saturated carbocycles. The molecule has 2 aromatic heterocycles. The summed E-state index contributed by atoms with van der Waals surface area (Å²) in [5, 5.41) is 11.0. The molecule has 1 aliphatic heterocycles. The lowest BCUT2D eigenvalue weighted by molar-refractivity contribution is -0.115. The van der Waals surface area contributed by atoms with E-state index >= 15 is 0 Å². The summed E-state index contributed by atoms with van der Waals surface area (Å²) in [4.78, 5) is 17.1. The maximum atomic E-state index is 12.8. The van der Waals surface area contributed by atoms with Gasteiger partial charge in [-0.15, -0.1) is 0 Å². The first-order chi connectivity index (χ1) is 17.7. The fourth-order valence-corrected chi connectivity index (χ4v) is 4.14. The Bertz CT molecular complexity index is 1550. The number of carbonyl (C=O) groups is 1. The predicted octanol–water partition coefficient (Wildman–Crippen LogP) is 5.37. The molecule has 178 valence electrons. The second-order valence-corrected chi connectivity index (χ2v) is 8.32. The molecule has 3 heterocycles. The number of carbonyl (C=O) groups excluding carboxylic acids is 1. The van der Waals surface area contributed by atoms with Crippen molar-refractivity contribution in [2.24, 2.45) is 0 Å². The number of pyridine rings is 1. The van der Waals surface area contributed by atoms with Crippen molar-refractivity contribution in [2.45, 2.75) is 6.42 Å². The number of amides is 1. The van der Waals surface area contributed by atoms with E-state index < -0.39 is 0 Å². The Morgan fingerprint density at radius 3 is 2.72 bits per heavy atom. The van der Waals surface area contributed by atoms with Gasteiger partial charge in [0.05, 0.1) is 11.9 Å². The number of ether oxygens (including phenoxy) is 3. The minimum atomic E-state index is -0.181. The van der Waals surface area contributed by atoms with E-state index in [4.69, 9.17) is 14.2 Å². The van der Waals surface area contributed by atoms with Crippen LogP contribution in [0.15, 0.2) is 85.2 Å². The van der Waals surface area contributed by atoms with Crippen molar-refractivity contribution in [1.82, 2.24) is 15.2 Å². The smallest absolute Gasteiger partial charge is 0.230 e. The second kappa shape index (κ2) is 9.42. The highest BCUT2D eigenvalue weighted by atomic mass is 16.6. The molecule has 36 heavy (non-hydrogen) atoms. The number of fused-ring (bicyclic) bond motifs is 2. The summed E-state index contributed by atoms with van der Waals surface area (Å²) in [5.41, 5.74) is 3.36. The van der Waals surface area contributed by atoms with Crippen LogP contribution in [0.25, 0.3) is 22.0 Å². The number of hydrogen-bond donors (Lipinski definition) is 2. The number of benzene rings is 3. The summed E-state index contributed by atoms with van der Waals surface area (Å²) >= 11 is 0. The molecule has 5 aromatic rings. The molecule has 0 unspecified atom stereocenters. The highest BCUT2D eigenvalue weighted by Crippen LogP contribution is 2.35. The van der Waals surface area contributed by atoms with E-state index in [9.17, 15) is 4.79 Å². The van der Waals surface area contributed by atoms with Crippen LogP contribution in [0.5, 0.6) is 23.0 Å². The minimum absolute atomic E-state index is 0.181. The van der Waals surface area contributed by atoms with Crippen LogP contribution in [0, 0.1) is 0 Å². The molecule has 2 N–H and O–H groups in total. The molecule has 0 fully saturated rings. The minimum Gasteiger partial charge on any atom is -0.486 e. The van der Waals surface area contributed by atoms with Gasteiger partial charge in [0.25, 0.3) is 0 Å². The van der Waals surface area contributed by atoms with Crippen LogP contribution in [0.3, 0.4) is 0 Å². The summed E-state index contributed by atoms with van der Waals surface area (Å²) in [6, 6.07) is 22.8. The molecule has 8 nitrogen and oxygen atoms in total. The first-order valence-corrected chi connectivity index (χ1v) is 11.6. The van der Waals surface area contributed by atoms with Crippen LogP contribution < -0.4 is 19.5 Å². The lowest BCUT2D eigenvalue weighted by Gasteiger charge is -2.18.